The van der Waals surface area contributed by atoms with Gasteiger partial charge in [-0.3, -0.25) is 4.79 Å². The monoisotopic (exact) mass is 408 g/mol. The number of aliphatic hydroxyl groups excluding tert-OH is 1. The van der Waals surface area contributed by atoms with Crippen molar-refractivity contribution in [1.29, 1.82) is 0 Å². The molecule has 9 heteroatoms. The van der Waals surface area contributed by atoms with Gasteiger partial charge >= 0.3 is 6.18 Å². The molecule has 2 bridgehead atoms. The summed E-state index contributed by atoms with van der Waals surface area (Å²) in [5, 5.41) is 12.6. The minimum Gasteiger partial charge on any atom is -0.491 e. The van der Waals surface area contributed by atoms with Crippen LogP contribution in [0.4, 0.5) is 13.2 Å². The molecule has 1 amide bonds. The van der Waals surface area contributed by atoms with E-state index in [-0.39, 0.29) is 49.2 Å². The van der Waals surface area contributed by atoms with Crippen molar-refractivity contribution in [2.45, 2.75) is 37.6 Å². The molecule has 1 aromatic rings. The Kier molecular flexibility index (Phi) is 6.99. The Morgan fingerprint density at radius 2 is 1.89 bits per heavy atom. The normalized spacial score (nSPS) is 27.7. The zero-order chi connectivity index (χ0) is 18.9. The lowest BCUT2D eigenvalue weighted by Crippen LogP contribution is -2.47. The minimum atomic E-state index is -4.40. The third-order valence-electron chi connectivity index (χ3n) is 5.42. The second-order valence-corrected chi connectivity index (χ2v) is 7.17. The number of hydrogen-bond acceptors (Lipinski definition) is 4. The Bertz CT molecular complexity index is 640. The van der Waals surface area contributed by atoms with Gasteiger partial charge in [-0.25, -0.2) is 0 Å². The molecule has 5 nitrogen and oxygen atoms in total. The number of halogens is 4. The van der Waals surface area contributed by atoms with Crippen molar-refractivity contribution in [2.75, 3.05) is 13.2 Å². The number of nitrogens with one attached hydrogen (secondary N) is 1. The zero-order valence-electron chi connectivity index (χ0n) is 14.6. The van der Waals surface area contributed by atoms with Gasteiger partial charge in [-0.2, -0.15) is 13.2 Å². The first-order valence-corrected chi connectivity index (χ1v) is 8.77. The number of benzene rings is 1. The van der Waals surface area contributed by atoms with Gasteiger partial charge in [0.1, 0.15) is 18.5 Å². The maximum Gasteiger partial charge on any atom is 0.416 e. The first-order valence-electron chi connectivity index (χ1n) is 8.77. The predicted molar refractivity (Wildman–Crippen MR) is 95.5 cm³/mol. The van der Waals surface area contributed by atoms with Crippen LogP contribution < -0.4 is 15.8 Å². The molecule has 2 fully saturated rings. The predicted octanol–water partition coefficient (Wildman–Crippen LogP) is 2.36. The average molecular weight is 409 g/mol. The summed E-state index contributed by atoms with van der Waals surface area (Å²) in [6.45, 7) is -0.117. The molecule has 0 heterocycles. The summed E-state index contributed by atoms with van der Waals surface area (Å²) in [5.74, 6) is 0.632. The minimum absolute atomic E-state index is 0. The van der Waals surface area contributed by atoms with Crippen molar-refractivity contribution in [2.24, 2.45) is 23.5 Å². The lowest BCUT2D eigenvalue weighted by atomic mass is 9.84. The smallest absolute Gasteiger partial charge is 0.416 e. The van der Waals surface area contributed by atoms with Crippen molar-refractivity contribution in [1.82, 2.24) is 5.32 Å². The number of rotatable bonds is 6. The van der Waals surface area contributed by atoms with Crippen LogP contribution in [0.2, 0.25) is 0 Å². The number of alkyl halides is 3. The standard InChI is InChI=1S/C18H23F3N2O3.ClH/c19-18(20,21)12-3-5-14(6-4-12)26-9-13(24)8-23-17(25)15-10-1-2-11(7-10)16(15)22;/h3-6,10-11,13,15-16,24H,1-2,7-9,22H2,(H,23,25);1H. The second-order valence-electron chi connectivity index (χ2n) is 7.17. The van der Waals surface area contributed by atoms with Crippen LogP contribution in [-0.4, -0.2) is 36.3 Å². The van der Waals surface area contributed by atoms with Crippen molar-refractivity contribution < 1.29 is 27.8 Å². The fourth-order valence-electron chi connectivity index (χ4n) is 4.05. The molecule has 0 radical (unpaired) electrons. The van der Waals surface area contributed by atoms with Crippen molar-refractivity contribution in [3.05, 3.63) is 29.8 Å². The van der Waals surface area contributed by atoms with Crippen molar-refractivity contribution >= 4 is 18.3 Å². The highest BCUT2D eigenvalue weighted by molar-refractivity contribution is 5.85. The molecule has 2 saturated carbocycles. The van der Waals surface area contributed by atoms with Gasteiger partial charge in [-0.05, 0) is 55.4 Å². The molecule has 27 heavy (non-hydrogen) atoms. The Balaban J connectivity index is 0.00000261. The Morgan fingerprint density at radius 3 is 2.44 bits per heavy atom. The van der Waals surface area contributed by atoms with Gasteiger partial charge in [0.05, 0.1) is 11.5 Å². The van der Waals surface area contributed by atoms with E-state index in [2.05, 4.69) is 5.32 Å². The van der Waals surface area contributed by atoms with E-state index < -0.39 is 17.8 Å². The maximum atomic E-state index is 12.5. The fourth-order valence-corrected chi connectivity index (χ4v) is 4.05. The van der Waals surface area contributed by atoms with Crippen LogP contribution in [0.25, 0.3) is 0 Å². The SMILES string of the molecule is Cl.NC1C2CCC(C2)C1C(=O)NCC(O)COc1ccc(C(F)(F)F)cc1. The van der Waals surface area contributed by atoms with Crippen molar-refractivity contribution in [3.8, 4) is 5.75 Å². The fraction of sp³-hybridized carbons (Fsp3) is 0.611. The highest BCUT2D eigenvalue weighted by atomic mass is 35.5. The molecule has 0 saturated heterocycles. The van der Waals surface area contributed by atoms with E-state index in [0.717, 1.165) is 31.4 Å². The Morgan fingerprint density at radius 1 is 1.26 bits per heavy atom. The molecule has 0 aromatic heterocycles. The summed E-state index contributed by atoms with van der Waals surface area (Å²) in [4.78, 5) is 12.3. The first-order chi connectivity index (χ1) is 12.3. The van der Waals surface area contributed by atoms with E-state index in [1.807, 2.05) is 0 Å². The van der Waals surface area contributed by atoms with E-state index in [1.165, 1.54) is 12.1 Å². The molecule has 2 aliphatic carbocycles. The summed E-state index contributed by atoms with van der Waals surface area (Å²) < 4.78 is 42.7. The number of hydrogen-bond donors (Lipinski definition) is 3. The summed E-state index contributed by atoms with van der Waals surface area (Å²) in [6, 6.07) is 4.11. The van der Waals surface area contributed by atoms with Crippen LogP contribution in [-0.2, 0) is 11.0 Å². The van der Waals surface area contributed by atoms with Gasteiger partial charge in [0.15, 0.2) is 0 Å². The van der Waals surface area contributed by atoms with Gasteiger partial charge in [-0.1, -0.05) is 0 Å². The average Bonchev–Trinajstić information content (AvgIpc) is 3.18. The zero-order valence-corrected chi connectivity index (χ0v) is 15.4. The number of ether oxygens (including phenoxy) is 1. The van der Waals surface area contributed by atoms with Gasteiger partial charge < -0.3 is 20.9 Å². The van der Waals surface area contributed by atoms with Crippen LogP contribution in [0.5, 0.6) is 5.75 Å². The van der Waals surface area contributed by atoms with Crippen LogP contribution in [0.3, 0.4) is 0 Å². The van der Waals surface area contributed by atoms with Gasteiger partial charge in [0.2, 0.25) is 5.91 Å². The molecule has 0 aliphatic heterocycles. The quantitative estimate of drug-likeness (QED) is 0.674. The van der Waals surface area contributed by atoms with Gasteiger partial charge in [0, 0.05) is 12.6 Å². The topological polar surface area (TPSA) is 84.6 Å². The van der Waals surface area contributed by atoms with E-state index in [9.17, 15) is 23.1 Å². The number of fused-ring (bicyclic) bond motifs is 2. The molecule has 3 rings (SSSR count). The molecule has 152 valence electrons. The Labute approximate surface area is 161 Å². The van der Waals surface area contributed by atoms with Crippen molar-refractivity contribution in [3.63, 3.8) is 0 Å². The Hall–Kier alpha value is -1.51. The third kappa shape index (κ3) is 5.06. The number of carbonyl (C=O) groups is 1. The van der Waals surface area contributed by atoms with E-state index in [0.29, 0.717) is 11.8 Å². The van der Waals surface area contributed by atoms with Crippen LogP contribution in [0.1, 0.15) is 24.8 Å². The summed E-state index contributed by atoms with van der Waals surface area (Å²) in [7, 11) is 0. The highest BCUT2D eigenvalue weighted by Crippen LogP contribution is 2.47. The van der Waals surface area contributed by atoms with Crippen LogP contribution in [0.15, 0.2) is 24.3 Å². The number of nitrogens with two attached hydrogens (primary N) is 1. The number of amides is 1. The molecule has 5 atom stereocenters. The van der Waals surface area contributed by atoms with E-state index >= 15 is 0 Å². The highest BCUT2D eigenvalue weighted by Gasteiger charge is 2.49. The molecular weight excluding hydrogens is 385 g/mol. The second kappa shape index (κ2) is 8.67. The van der Waals surface area contributed by atoms with Crippen LogP contribution >= 0.6 is 12.4 Å². The molecule has 1 aromatic carbocycles. The summed E-state index contributed by atoms with van der Waals surface area (Å²) in [5.41, 5.74) is 5.36. The van der Waals surface area contributed by atoms with E-state index in [1.54, 1.807) is 0 Å². The maximum absolute atomic E-state index is 12.5. The van der Waals surface area contributed by atoms with Crippen LogP contribution in [0, 0.1) is 17.8 Å². The van der Waals surface area contributed by atoms with Gasteiger partial charge in [0.25, 0.3) is 0 Å². The lowest BCUT2D eigenvalue weighted by Gasteiger charge is -2.27. The third-order valence-corrected chi connectivity index (χ3v) is 5.42. The molecule has 0 spiro atoms. The molecule has 5 unspecified atom stereocenters. The molecule has 2 aliphatic rings. The molecular formula is C18H24ClF3N2O3. The first kappa shape index (κ1) is 21.8. The summed E-state index contributed by atoms with van der Waals surface area (Å²) in [6.07, 6.45) is -2.26. The largest absolute Gasteiger partial charge is 0.491 e. The number of carbonyl (C=O) groups excluding carboxylic acids is 1. The summed E-state index contributed by atoms with van der Waals surface area (Å²) >= 11 is 0. The van der Waals surface area contributed by atoms with Gasteiger partial charge in [-0.15, -0.1) is 12.4 Å². The lowest BCUT2D eigenvalue weighted by molar-refractivity contribution is -0.137. The van der Waals surface area contributed by atoms with E-state index in [4.69, 9.17) is 10.5 Å². The molecule has 4 N–H and O–H groups in total. The number of aliphatic hydroxyl groups is 1.